The predicted molar refractivity (Wildman–Crippen MR) is 109 cm³/mol. The highest BCUT2D eigenvalue weighted by molar-refractivity contribution is 7.89. The highest BCUT2D eigenvalue weighted by Crippen LogP contribution is 2.33. The average molecular weight is 391 g/mol. The molecule has 0 fully saturated rings. The van der Waals surface area contributed by atoms with Crippen molar-refractivity contribution in [1.29, 1.82) is 0 Å². The van der Waals surface area contributed by atoms with E-state index in [1.807, 2.05) is 61.5 Å². The summed E-state index contributed by atoms with van der Waals surface area (Å²) < 4.78 is 27.6. The van der Waals surface area contributed by atoms with Crippen molar-refractivity contribution in [2.75, 3.05) is 6.54 Å². The molecule has 1 unspecified atom stereocenters. The number of carbonyl (C=O) groups excluding carboxylic acids is 1. The van der Waals surface area contributed by atoms with Crippen LogP contribution in [0.3, 0.4) is 0 Å². The second-order valence-electron chi connectivity index (χ2n) is 7.08. The molecule has 0 saturated heterocycles. The summed E-state index contributed by atoms with van der Waals surface area (Å²) in [4.78, 5) is 13.1. The Morgan fingerprint density at radius 2 is 1.50 bits per heavy atom. The van der Waals surface area contributed by atoms with E-state index in [0.29, 0.717) is 0 Å². The number of fused-ring (bicyclic) bond motifs is 1. The number of hydrogen-bond donors (Lipinski definition) is 0. The quantitative estimate of drug-likeness (QED) is 0.680. The van der Waals surface area contributed by atoms with Gasteiger partial charge < -0.3 is 0 Å². The van der Waals surface area contributed by atoms with Crippen molar-refractivity contribution in [2.24, 2.45) is 0 Å². The molecule has 1 aliphatic heterocycles. The molecule has 1 atom stereocenters. The van der Waals surface area contributed by atoms with Crippen LogP contribution in [-0.2, 0) is 21.2 Å². The monoisotopic (exact) mass is 391 g/mol. The van der Waals surface area contributed by atoms with E-state index in [2.05, 4.69) is 0 Å². The van der Waals surface area contributed by atoms with E-state index >= 15 is 0 Å². The second kappa shape index (κ2) is 7.24. The molecule has 0 bridgehead atoms. The van der Waals surface area contributed by atoms with Crippen LogP contribution in [0, 0.1) is 6.92 Å². The Bertz CT molecular complexity index is 1110. The molecule has 0 spiro atoms. The van der Waals surface area contributed by atoms with Gasteiger partial charge in [-0.2, -0.15) is 0 Å². The average Bonchev–Trinajstić information content (AvgIpc) is 2.85. The van der Waals surface area contributed by atoms with Gasteiger partial charge in [-0.05, 0) is 35.7 Å². The van der Waals surface area contributed by atoms with E-state index < -0.39 is 15.9 Å². The lowest BCUT2D eigenvalue weighted by atomic mass is 9.88. The third-order valence-corrected chi connectivity index (χ3v) is 7.01. The van der Waals surface area contributed by atoms with Gasteiger partial charge in [0.05, 0.1) is 11.3 Å². The van der Waals surface area contributed by atoms with Gasteiger partial charge in [0.2, 0.25) is 5.91 Å². The van der Waals surface area contributed by atoms with E-state index in [4.69, 9.17) is 0 Å². The maximum atomic E-state index is 13.3. The minimum Gasteiger partial charge on any atom is -0.273 e. The molecule has 0 aliphatic carbocycles. The van der Waals surface area contributed by atoms with Gasteiger partial charge in [0.15, 0.2) is 0 Å². The smallest absolute Gasteiger partial charge is 0.266 e. The Balaban J connectivity index is 1.82. The zero-order valence-electron chi connectivity index (χ0n) is 15.6. The summed E-state index contributed by atoms with van der Waals surface area (Å²) in [5, 5.41) is 0. The Morgan fingerprint density at radius 3 is 2.21 bits per heavy atom. The van der Waals surface area contributed by atoms with E-state index in [9.17, 15) is 13.2 Å². The van der Waals surface area contributed by atoms with Crippen molar-refractivity contribution in [3.8, 4) is 0 Å². The third kappa shape index (κ3) is 3.34. The van der Waals surface area contributed by atoms with Crippen LogP contribution in [0.25, 0.3) is 0 Å². The summed E-state index contributed by atoms with van der Waals surface area (Å²) in [6.45, 7) is 1.99. The topological polar surface area (TPSA) is 54.5 Å². The molecule has 0 saturated carbocycles. The lowest BCUT2D eigenvalue weighted by Crippen LogP contribution is -2.39. The summed E-state index contributed by atoms with van der Waals surface area (Å²) in [6, 6.07) is 24.1. The first-order chi connectivity index (χ1) is 13.5. The number of amides is 1. The number of carbonyl (C=O) groups is 1. The molecular formula is C23H21NO3S. The molecule has 0 aromatic heterocycles. The van der Waals surface area contributed by atoms with Gasteiger partial charge >= 0.3 is 0 Å². The van der Waals surface area contributed by atoms with Crippen molar-refractivity contribution < 1.29 is 13.2 Å². The third-order valence-electron chi connectivity index (χ3n) is 5.21. The van der Waals surface area contributed by atoms with Gasteiger partial charge in [0, 0.05) is 12.5 Å². The van der Waals surface area contributed by atoms with Crippen LogP contribution < -0.4 is 0 Å². The molecule has 4 nitrogen and oxygen atoms in total. The summed E-state index contributed by atoms with van der Waals surface area (Å²) in [5.41, 5.74) is 3.84. The van der Waals surface area contributed by atoms with Crippen LogP contribution in [0.1, 0.15) is 28.2 Å². The number of aryl methyl sites for hydroxylation is 1. The molecule has 1 heterocycles. The van der Waals surface area contributed by atoms with Crippen molar-refractivity contribution >= 4 is 15.9 Å². The van der Waals surface area contributed by atoms with Gasteiger partial charge in [-0.25, -0.2) is 12.7 Å². The molecular weight excluding hydrogens is 370 g/mol. The number of nitrogens with zero attached hydrogens (tertiary/aromatic N) is 1. The van der Waals surface area contributed by atoms with E-state index in [1.54, 1.807) is 24.3 Å². The first-order valence-corrected chi connectivity index (χ1v) is 10.7. The summed E-state index contributed by atoms with van der Waals surface area (Å²) in [7, 11) is -3.93. The van der Waals surface area contributed by atoms with Crippen molar-refractivity contribution in [2.45, 2.75) is 24.2 Å². The molecule has 1 amide bonds. The van der Waals surface area contributed by atoms with Crippen LogP contribution in [0.15, 0.2) is 83.8 Å². The standard InChI is InChI=1S/C23H21NO3S/c1-17-11-13-20(14-12-17)28(26,27)24-16-22(18-7-3-2-4-8-18)21-10-6-5-9-19(21)15-23(24)25/h2-14,22H,15-16H2,1H3. The minimum atomic E-state index is -3.93. The van der Waals surface area contributed by atoms with Crippen molar-refractivity contribution in [1.82, 2.24) is 4.31 Å². The van der Waals surface area contributed by atoms with E-state index in [0.717, 1.165) is 26.6 Å². The summed E-state index contributed by atoms with van der Waals surface area (Å²) >= 11 is 0. The molecule has 1 aliphatic rings. The first kappa shape index (κ1) is 18.4. The van der Waals surface area contributed by atoms with Gasteiger partial charge in [0.1, 0.15) is 0 Å². The number of sulfonamides is 1. The fourth-order valence-corrected chi connectivity index (χ4v) is 5.10. The maximum absolute atomic E-state index is 13.3. The molecule has 4 rings (SSSR count). The molecule has 0 radical (unpaired) electrons. The fourth-order valence-electron chi connectivity index (χ4n) is 3.69. The van der Waals surface area contributed by atoms with Crippen molar-refractivity contribution in [3.63, 3.8) is 0 Å². The van der Waals surface area contributed by atoms with E-state index in [1.165, 1.54) is 0 Å². The molecule has 5 heteroatoms. The Kier molecular flexibility index (Phi) is 4.77. The van der Waals surface area contributed by atoms with Crippen LogP contribution >= 0.6 is 0 Å². The Hall–Kier alpha value is -2.92. The summed E-state index contributed by atoms with van der Waals surface area (Å²) in [6.07, 6.45) is 0.0740. The zero-order valence-corrected chi connectivity index (χ0v) is 16.4. The first-order valence-electron chi connectivity index (χ1n) is 9.22. The lowest BCUT2D eigenvalue weighted by molar-refractivity contribution is -0.125. The normalized spacial score (nSPS) is 17.1. The molecule has 0 N–H and O–H groups in total. The Morgan fingerprint density at radius 1 is 0.857 bits per heavy atom. The fraction of sp³-hybridized carbons (Fsp3) is 0.174. The van der Waals surface area contributed by atoms with Gasteiger partial charge in [0.25, 0.3) is 10.0 Å². The SMILES string of the molecule is Cc1ccc(S(=O)(=O)N2CC(c3ccccc3)c3ccccc3CC2=O)cc1. The van der Waals surface area contributed by atoms with E-state index in [-0.39, 0.29) is 23.8 Å². The van der Waals surface area contributed by atoms with Gasteiger partial charge in [-0.1, -0.05) is 72.3 Å². The van der Waals surface area contributed by atoms with Crippen LogP contribution in [0.5, 0.6) is 0 Å². The summed E-state index contributed by atoms with van der Waals surface area (Å²) in [5.74, 6) is -0.601. The van der Waals surface area contributed by atoms with Crippen LogP contribution in [-0.4, -0.2) is 25.2 Å². The zero-order chi connectivity index (χ0) is 19.7. The van der Waals surface area contributed by atoms with Crippen molar-refractivity contribution in [3.05, 3.63) is 101 Å². The highest BCUT2D eigenvalue weighted by atomic mass is 32.2. The van der Waals surface area contributed by atoms with Crippen LogP contribution in [0.2, 0.25) is 0 Å². The highest BCUT2D eigenvalue weighted by Gasteiger charge is 2.36. The largest absolute Gasteiger partial charge is 0.273 e. The van der Waals surface area contributed by atoms with Gasteiger partial charge in [-0.3, -0.25) is 4.79 Å². The molecule has 142 valence electrons. The molecule has 3 aromatic carbocycles. The lowest BCUT2D eigenvalue weighted by Gasteiger charge is -2.25. The van der Waals surface area contributed by atoms with Crippen LogP contribution in [0.4, 0.5) is 0 Å². The number of hydrogen-bond acceptors (Lipinski definition) is 3. The Labute approximate surface area is 165 Å². The maximum Gasteiger partial charge on any atom is 0.266 e. The molecule has 3 aromatic rings. The van der Waals surface area contributed by atoms with Gasteiger partial charge in [-0.15, -0.1) is 0 Å². The minimum absolute atomic E-state index is 0.0740. The number of rotatable bonds is 3. The number of benzene rings is 3. The predicted octanol–water partition coefficient (Wildman–Crippen LogP) is 3.90. The second-order valence-corrected chi connectivity index (χ2v) is 8.94. The molecule has 28 heavy (non-hydrogen) atoms.